The lowest BCUT2D eigenvalue weighted by atomic mass is 10.2. The van der Waals surface area contributed by atoms with E-state index in [1.165, 1.54) is 0 Å². The second-order valence-electron chi connectivity index (χ2n) is 5.73. The molecule has 0 saturated carbocycles. The molecule has 29 heavy (non-hydrogen) atoms. The number of carbonyl (C=O) groups is 3. The molecule has 0 saturated heterocycles. The first-order chi connectivity index (χ1) is 14.0. The van der Waals surface area contributed by atoms with Gasteiger partial charge in [0.15, 0.2) is 18.4 Å². The molecule has 0 aliphatic heterocycles. The Bertz CT molecular complexity index is 950. The predicted octanol–water partition coefficient (Wildman–Crippen LogP) is 1.18. The zero-order chi connectivity index (χ0) is 21.1. The van der Waals surface area contributed by atoms with Gasteiger partial charge in [0.05, 0.1) is 11.4 Å². The number of pyridine rings is 1. The molecule has 0 bridgehead atoms. The third-order valence-electron chi connectivity index (χ3n) is 3.53. The SMILES string of the molecule is O=C(C[n+]1ccccc1)Nc1ccccc1Nc1ccccc1.O=C([O-])C(=O)O. The van der Waals surface area contributed by atoms with Crippen LogP contribution in [0.4, 0.5) is 17.1 Å². The molecule has 1 amide bonds. The summed E-state index contributed by atoms with van der Waals surface area (Å²) in [5.41, 5.74) is 2.61. The number of carboxylic acid groups (broad SMARTS) is 2. The maximum absolute atomic E-state index is 12.2. The fraction of sp³-hybridized carbons (Fsp3) is 0.0476. The van der Waals surface area contributed by atoms with Crippen LogP contribution in [0.3, 0.4) is 0 Å². The van der Waals surface area contributed by atoms with E-state index in [-0.39, 0.29) is 12.5 Å². The van der Waals surface area contributed by atoms with Crippen molar-refractivity contribution in [3.63, 3.8) is 0 Å². The minimum atomic E-state index is -2.07. The molecular weight excluding hydrogens is 374 g/mol. The number of aromatic nitrogens is 1. The monoisotopic (exact) mass is 393 g/mol. The summed E-state index contributed by atoms with van der Waals surface area (Å²) < 4.78 is 1.84. The molecule has 8 heteroatoms. The quantitative estimate of drug-likeness (QED) is 0.442. The van der Waals surface area contributed by atoms with Crippen LogP contribution in [-0.2, 0) is 20.9 Å². The molecule has 3 aromatic rings. The molecule has 0 aliphatic rings. The number of benzene rings is 2. The molecule has 3 rings (SSSR count). The number of nitrogens with zero attached hydrogens (tertiary/aromatic N) is 1. The Hall–Kier alpha value is -4.20. The summed E-state index contributed by atoms with van der Waals surface area (Å²) in [6, 6.07) is 23.3. The maximum atomic E-state index is 12.2. The van der Waals surface area contributed by atoms with Gasteiger partial charge in [-0.3, -0.25) is 4.79 Å². The van der Waals surface area contributed by atoms with E-state index in [4.69, 9.17) is 19.8 Å². The average molecular weight is 393 g/mol. The van der Waals surface area contributed by atoms with Crippen LogP contribution in [0.2, 0.25) is 0 Å². The number of hydrogen-bond acceptors (Lipinski definition) is 5. The van der Waals surface area contributed by atoms with Gasteiger partial charge in [0, 0.05) is 17.8 Å². The molecule has 0 radical (unpaired) electrons. The molecule has 1 heterocycles. The third-order valence-corrected chi connectivity index (χ3v) is 3.53. The van der Waals surface area contributed by atoms with Gasteiger partial charge in [-0.1, -0.05) is 36.4 Å². The standard InChI is InChI=1S/C19H17N3O.C2H2O4/c23-19(15-22-13-7-2-8-14-22)21-18-12-6-5-11-17(18)20-16-9-3-1-4-10-16;3-1(4)2(5)6/h1-14,20H,15H2;(H,3,4)(H,5,6). The number of anilines is 3. The van der Waals surface area contributed by atoms with E-state index in [1.807, 2.05) is 89.8 Å². The molecule has 0 fully saturated rings. The van der Waals surface area contributed by atoms with Gasteiger partial charge in [0.25, 0.3) is 5.91 Å². The zero-order valence-electron chi connectivity index (χ0n) is 15.3. The molecule has 0 unspecified atom stereocenters. The fourth-order valence-electron chi connectivity index (χ4n) is 2.27. The van der Waals surface area contributed by atoms with E-state index in [1.54, 1.807) is 0 Å². The molecule has 8 nitrogen and oxygen atoms in total. The highest BCUT2D eigenvalue weighted by Crippen LogP contribution is 2.24. The van der Waals surface area contributed by atoms with Gasteiger partial charge in [-0.05, 0) is 24.3 Å². The van der Waals surface area contributed by atoms with Crippen molar-refractivity contribution >= 4 is 34.9 Å². The Labute approximate surface area is 167 Å². The lowest BCUT2D eigenvalue weighted by Gasteiger charge is -2.12. The van der Waals surface area contributed by atoms with Crippen molar-refractivity contribution in [3.05, 3.63) is 85.2 Å². The van der Waals surface area contributed by atoms with Gasteiger partial charge in [-0.15, -0.1) is 0 Å². The molecule has 3 N–H and O–H groups in total. The van der Waals surface area contributed by atoms with Crippen LogP contribution >= 0.6 is 0 Å². The number of carboxylic acids is 2. The Morgan fingerprint density at radius 1 is 0.828 bits per heavy atom. The molecule has 1 aromatic heterocycles. The van der Waals surface area contributed by atoms with Crippen molar-refractivity contribution in [2.45, 2.75) is 6.54 Å². The average Bonchev–Trinajstić information content (AvgIpc) is 2.71. The number of carbonyl (C=O) groups excluding carboxylic acids is 2. The summed E-state index contributed by atoms with van der Waals surface area (Å²) in [5, 5.41) is 22.6. The Balaban J connectivity index is 0.000000438. The Kier molecular flexibility index (Phi) is 7.88. The molecule has 148 valence electrons. The van der Waals surface area contributed by atoms with E-state index in [2.05, 4.69) is 10.6 Å². The Morgan fingerprint density at radius 2 is 1.34 bits per heavy atom. The fourth-order valence-corrected chi connectivity index (χ4v) is 2.27. The molecule has 0 atom stereocenters. The van der Waals surface area contributed by atoms with E-state index in [0.717, 1.165) is 17.1 Å². The van der Waals surface area contributed by atoms with Crippen LogP contribution in [0, 0.1) is 0 Å². The predicted molar refractivity (Wildman–Crippen MR) is 104 cm³/mol. The second kappa shape index (κ2) is 10.8. The lowest BCUT2D eigenvalue weighted by molar-refractivity contribution is -0.684. The number of nitrogens with one attached hydrogen (secondary N) is 2. The first-order valence-electron chi connectivity index (χ1n) is 8.55. The highest BCUT2D eigenvalue weighted by Gasteiger charge is 2.11. The first kappa shape index (κ1) is 21.1. The number of para-hydroxylation sites is 3. The van der Waals surface area contributed by atoms with Crippen LogP contribution in [0.15, 0.2) is 85.2 Å². The van der Waals surface area contributed by atoms with E-state index >= 15 is 0 Å². The van der Waals surface area contributed by atoms with Crippen LogP contribution in [0.25, 0.3) is 0 Å². The van der Waals surface area contributed by atoms with E-state index < -0.39 is 11.9 Å². The largest absolute Gasteiger partial charge is 0.539 e. The van der Waals surface area contributed by atoms with Crippen molar-refractivity contribution in [2.24, 2.45) is 0 Å². The highest BCUT2D eigenvalue weighted by atomic mass is 16.4. The van der Waals surface area contributed by atoms with Crippen molar-refractivity contribution < 1.29 is 29.2 Å². The molecule has 0 spiro atoms. The number of aliphatic carboxylic acids is 2. The second-order valence-corrected chi connectivity index (χ2v) is 5.73. The van der Waals surface area contributed by atoms with Gasteiger partial charge in [0.2, 0.25) is 6.54 Å². The summed E-state index contributed by atoms with van der Waals surface area (Å²) in [4.78, 5) is 30.3. The molecule has 2 aromatic carbocycles. The summed E-state index contributed by atoms with van der Waals surface area (Å²) in [5.74, 6) is -4.08. The van der Waals surface area contributed by atoms with Crippen molar-refractivity contribution in [1.82, 2.24) is 0 Å². The summed E-state index contributed by atoms with van der Waals surface area (Å²) >= 11 is 0. The molecule has 0 aliphatic carbocycles. The third kappa shape index (κ3) is 7.51. The van der Waals surface area contributed by atoms with Gasteiger partial charge in [-0.2, -0.15) is 4.57 Å². The lowest BCUT2D eigenvalue weighted by Crippen LogP contribution is -2.39. The summed E-state index contributed by atoms with van der Waals surface area (Å²) in [6.07, 6.45) is 3.74. The smallest absolute Gasteiger partial charge is 0.351 e. The van der Waals surface area contributed by atoms with Crippen molar-refractivity contribution in [1.29, 1.82) is 0 Å². The van der Waals surface area contributed by atoms with Crippen LogP contribution < -0.4 is 20.3 Å². The van der Waals surface area contributed by atoms with Crippen molar-refractivity contribution in [2.75, 3.05) is 10.6 Å². The zero-order valence-corrected chi connectivity index (χ0v) is 15.3. The summed E-state index contributed by atoms with van der Waals surface area (Å²) in [7, 11) is 0. The van der Waals surface area contributed by atoms with Gasteiger partial charge < -0.3 is 25.6 Å². The number of hydrogen-bond donors (Lipinski definition) is 3. The minimum absolute atomic E-state index is 0.0662. The normalized spacial score (nSPS) is 9.52. The van der Waals surface area contributed by atoms with E-state index in [9.17, 15) is 4.79 Å². The summed E-state index contributed by atoms with van der Waals surface area (Å²) in [6.45, 7) is 0.278. The number of rotatable bonds is 5. The first-order valence-corrected chi connectivity index (χ1v) is 8.55. The van der Waals surface area contributed by atoms with Crippen LogP contribution in [-0.4, -0.2) is 23.0 Å². The van der Waals surface area contributed by atoms with Crippen molar-refractivity contribution in [3.8, 4) is 0 Å². The topological polar surface area (TPSA) is 122 Å². The maximum Gasteiger partial charge on any atom is 0.351 e. The minimum Gasteiger partial charge on any atom is -0.539 e. The van der Waals surface area contributed by atoms with Gasteiger partial charge in [-0.25, -0.2) is 4.79 Å². The van der Waals surface area contributed by atoms with E-state index in [0.29, 0.717) is 0 Å². The van der Waals surface area contributed by atoms with Crippen LogP contribution in [0.5, 0.6) is 0 Å². The Morgan fingerprint density at radius 3 is 1.93 bits per heavy atom. The van der Waals surface area contributed by atoms with Gasteiger partial charge >= 0.3 is 5.97 Å². The number of amides is 1. The molecular formula is C21H19N3O5. The van der Waals surface area contributed by atoms with Crippen LogP contribution in [0.1, 0.15) is 0 Å². The van der Waals surface area contributed by atoms with Gasteiger partial charge in [0.1, 0.15) is 0 Å². The highest BCUT2D eigenvalue weighted by molar-refractivity contribution is 6.26.